The Morgan fingerprint density at radius 2 is 2.21 bits per heavy atom. The number of nitrogens with zero attached hydrogens (tertiary/aromatic N) is 1. The van der Waals surface area contributed by atoms with Gasteiger partial charge in [0.1, 0.15) is 0 Å². The Bertz CT molecular complexity index is 192. The number of hydrogen-bond acceptors (Lipinski definition) is 3. The van der Waals surface area contributed by atoms with Gasteiger partial charge in [-0.25, -0.2) is 0 Å². The highest BCUT2D eigenvalue weighted by Gasteiger charge is 2.39. The zero-order chi connectivity index (χ0) is 10.0. The first-order chi connectivity index (χ1) is 6.71. The molecule has 3 nitrogen and oxygen atoms in total. The monoisotopic (exact) mass is 198 g/mol. The van der Waals surface area contributed by atoms with Crippen molar-refractivity contribution in [3.63, 3.8) is 0 Å². The second kappa shape index (κ2) is 4.17. The van der Waals surface area contributed by atoms with Crippen molar-refractivity contribution in [3.8, 4) is 0 Å². The van der Waals surface area contributed by atoms with Crippen LogP contribution in [0.4, 0.5) is 0 Å². The van der Waals surface area contributed by atoms with Crippen LogP contribution in [0.3, 0.4) is 0 Å². The topological polar surface area (TPSA) is 35.5 Å². The minimum Gasteiger partial charge on any atom is -0.387 e. The molecule has 2 aliphatic heterocycles. The van der Waals surface area contributed by atoms with Crippen LogP contribution < -0.4 is 5.32 Å². The number of likely N-dealkylation sites (tertiary alicyclic amines) is 1. The van der Waals surface area contributed by atoms with Crippen molar-refractivity contribution in [3.05, 3.63) is 0 Å². The summed E-state index contributed by atoms with van der Waals surface area (Å²) in [5, 5.41) is 14.0. The maximum Gasteiger partial charge on any atom is 0.0926 e. The van der Waals surface area contributed by atoms with Crippen LogP contribution in [0.2, 0.25) is 0 Å². The summed E-state index contributed by atoms with van der Waals surface area (Å²) >= 11 is 0. The van der Waals surface area contributed by atoms with Crippen LogP contribution in [0, 0.1) is 0 Å². The van der Waals surface area contributed by atoms with Crippen molar-refractivity contribution < 1.29 is 5.11 Å². The van der Waals surface area contributed by atoms with E-state index < -0.39 is 5.60 Å². The van der Waals surface area contributed by atoms with Crippen molar-refractivity contribution >= 4 is 0 Å². The zero-order valence-electron chi connectivity index (χ0n) is 9.13. The van der Waals surface area contributed by atoms with Gasteiger partial charge in [-0.1, -0.05) is 6.42 Å². The summed E-state index contributed by atoms with van der Waals surface area (Å²) in [4.78, 5) is 2.25. The summed E-state index contributed by atoms with van der Waals surface area (Å²) in [6, 6.07) is 0.332. The highest BCUT2D eigenvalue weighted by molar-refractivity contribution is 4.97. The molecule has 14 heavy (non-hydrogen) atoms. The number of aliphatic hydroxyl groups is 1. The van der Waals surface area contributed by atoms with Gasteiger partial charge in [-0.05, 0) is 45.8 Å². The van der Waals surface area contributed by atoms with Gasteiger partial charge in [0, 0.05) is 12.6 Å². The van der Waals surface area contributed by atoms with Crippen molar-refractivity contribution in [2.75, 3.05) is 26.7 Å². The molecular formula is C11H22N2O. The highest BCUT2D eigenvalue weighted by Crippen LogP contribution is 2.28. The summed E-state index contributed by atoms with van der Waals surface area (Å²) in [5.41, 5.74) is -0.465. The van der Waals surface area contributed by atoms with Crippen LogP contribution in [0.25, 0.3) is 0 Å². The quantitative estimate of drug-likeness (QED) is 0.647. The molecule has 3 heteroatoms. The SMILES string of the molecule is CN1CCCC(O)(C2CCCCN2)C1. The third-order valence-corrected chi connectivity index (χ3v) is 3.65. The van der Waals surface area contributed by atoms with E-state index in [2.05, 4.69) is 17.3 Å². The van der Waals surface area contributed by atoms with Gasteiger partial charge in [0.15, 0.2) is 0 Å². The molecule has 2 N–H and O–H groups in total. The second-order valence-electron chi connectivity index (χ2n) is 4.95. The summed E-state index contributed by atoms with van der Waals surface area (Å²) in [6.45, 7) is 3.05. The molecule has 0 saturated carbocycles. The van der Waals surface area contributed by atoms with Gasteiger partial charge in [0.25, 0.3) is 0 Å². The van der Waals surface area contributed by atoms with Crippen LogP contribution in [-0.2, 0) is 0 Å². The Balaban J connectivity index is 1.98. The predicted octanol–water partition coefficient (Wildman–Crippen LogP) is 0.585. The second-order valence-corrected chi connectivity index (χ2v) is 4.95. The molecule has 2 aliphatic rings. The van der Waals surface area contributed by atoms with Crippen LogP contribution in [0.1, 0.15) is 32.1 Å². The number of hydrogen-bond donors (Lipinski definition) is 2. The van der Waals surface area contributed by atoms with Crippen LogP contribution in [0.15, 0.2) is 0 Å². The fourth-order valence-electron chi connectivity index (χ4n) is 2.88. The summed E-state index contributed by atoms with van der Waals surface area (Å²) in [7, 11) is 2.10. The van der Waals surface area contributed by atoms with E-state index in [4.69, 9.17) is 0 Å². The van der Waals surface area contributed by atoms with Gasteiger partial charge in [0.05, 0.1) is 5.60 Å². The lowest BCUT2D eigenvalue weighted by molar-refractivity contribution is -0.0579. The van der Waals surface area contributed by atoms with E-state index in [1.54, 1.807) is 0 Å². The minimum atomic E-state index is -0.465. The highest BCUT2D eigenvalue weighted by atomic mass is 16.3. The molecule has 82 valence electrons. The van der Waals surface area contributed by atoms with E-state index in [-0.39, 0.29) is 0 Å². The largest absolute Gasteiger partial charge is 0.387 e. The number of β-amino-alcohol motifs (C(OH)–C–C–N with tert-alkyl or cyclic N) is 1. The summed E-state index contributed by atoms with van der Waals surface area (Å²) in [6.07, 6.45) is 5.77. The molecule has 2 saturated heterocycles. The van der Waals surface area contributed by atoms with E-state index in [0.29, 0.717) is 6.04 Å². The van der Waals surface area contributed by atoms with Crippen LogP contribution >= 0.6 is 0 Å². The van der Waals surface area contributed by atoms with Crippen molar-refractivity contribution in [1.82, 2.24) is 10.2 Å². The maximum atomic E-state index is 10.6. The number of likely N-dealkylation sites (N-methyl/N-ethyl adjacent to an activating group) is 1. The van der Waals surface area contributed by atoms with Crippen LogP contribution in [0.5, 0.6) is 0 Å². The zero-order valence-corrected chi connectivity index (χ0v) is 9.13. The first-order valence-corrected chi connectivity index (χ1v) is 5.85. The Labute approximate surface area is 86.5 Å². The molecule has 2 fully saturated rings. The number of nitrogens with one attached hydrogen (secondary N) is 1. The molecule has 2 heterocycles. The van der Waals surface area contributed by atoms with Crippen molar-refractivity contribution in [2.24, 2.45) is 0 Å². The molecule has 0 aromatic heterocycles. The molecule has 0 spiro atoms. The minimum absolute atomic E-state index is 0.332. The van der Waals surface area contributed by atoms with Gasteiger partial charge in [-0.15, -0.1) is 0 Å². The lowest BCUT2D eigenvalue weighted by Gasteiger charge is -2.44. The van der Waals surface area contributed by atoms with Crippen molar-refractivity contribution in [2.45, 2.75) is 43.7 Å². The van der Waals surface area contributed by atoms with E-state index >= 15 is 0 Å². The molecule has 0 amide bonds. The van der Waals surface area contributed by atoms with Crippen LogP contribution in [-0.4, -0.2) is 48.3 Å². The fraction of sp³-hybridized carbons (Fsp3) is 1.00. The number of piperidine rings is 2. The van der Waals surface area contributed by atoms with Crippen molar-refractivity contribution in [1.29, 1.82) is 0 Å². The Hall–Kier alpha value is -0.120. The summed E-state index contributed by atoms with van der Waals surface area (Å²) < 4.78 is 0. The third-order valence-electron chi connectivity index (χ3n) is 3.65. The van der Waals surface area contributed by atoms with E-state index in [0.717, 1.165) is 38.9 Å². The lowest BCUT2D eigenvalue weighted by atomic mass is 9.82. The third kappa shape index (κ3) is 2.10. The van der Waals surface area contributed by atoms with Gasteiger partial charge in [-0.3, -0.25) is 0 Å². The Morgan fingerprint density at radius 3 is 2.86 bits per heavy atom. The maximum absolute atomic E-state index is 10.6. The standard InChI is InChI=1S/C11H22N2O/c1-13-8-4-6-11(14,9-13)10-5-2-3-7-12-10/h10,12,14H,2-9H2,1H3. The van der Waals surface area contributed by atoms with Gasteiger partial charge in [-0.2, -0.15) is 0 Å². The molecule has 2 rings (SSSR count). The molecular weight excluding hydrogens is 176 g/mol. The predicted molar refractivity (Wildman–Crippen MR) is 57.3 cm³/mol. The average Bonchev–Trinajstić information content (AvgIpc) is 2.19. The Kier molecular flexibility index (Phi) is 3.10. The lowest BCUT2D eigenvalue weighted by Crippen LogP contribution is -2.60. The average molecular weight is 198 g/mol. The molecule has 0 aliphatic carbocycles. The number of rotatable bonds is 1. The molecule has 2 atom stereocenters. The van der Waals surface area contributed by atoms with Gasteiger partial charge >= 0.3 is 0 Å². The van der Waals surface area contributed by atoms with Gasteiger partial charge < -0.3 is 15.3 Å². The van der Waals surface area contributed by atoms with Gasteiger partial charge in [0.2, 0.25) is 0 Å². The molecule has 0 radical (unpaired) electrons. The smallest absolute Gasteiger partial charge is 0.0926 e. The first kappa shape index (κ1) is 10.4. The molecule has 0 bridgehead atoms. The molecule has 0 aromatic carbocycles. The first-order valence-electron chi connectivity index (χ1n) is 5.85. The molecule has 2 unspecified atom stereocenters. The Morgan fingerprint density at radius 1 is 1.36 bits per heavy atom. The van der Waals surface area contributed by atoms with E-state index in [9.17, 15) is 5.11 Å². The normalized spacial score (nSPS) is 41.1. The van der Waals surface area contributed by atoms with E-state index in [1.165, 1.54) is 12.8 Å². The molecule has 0 aromatic rings. The summed E-state index contributed by atoms with van der Waals surface area (Å²) in [5.74, 6) is 0. The fourth-order valence-corrected chi connectivity index (χ4v) is 2.88. The van der Waals surface area contributed by atoms with E-state index in [1.807, 2.05) is 0 Å².